The molecular weight excluding hydrogens is 324 g/mol. The Bertz CT molecular complexity index is 972. The van der Waals surface area contributed by atoms with Gasteiger partial charge < -0.3 is 10.6 Å². The van der Waals surface area contributed by atoms with Crippen LogP contribution in [0.25, 0.3) is 11.3 Å². The zero-order valence-electron chi connectivity index (χ0n) is 13.9. The van der Waals surface area contributed by atoms with E-state index >= 15 is 0 Å². The van der Waals surface area contributed by atoms with Crippen LogP contribution in [-0.4, -0.2) is 19.9 Å². The highest BCUT2D eigenvalue weighted by molar-refractivity contribution is 5.66. The molecule has 0 aliphatic heterocycles. The molecule has 4 rings (SSSR count). The molecule has 0 unspecified atom stereocenters. The highest BCUT2D eigenvalue weighted by Gasteiger charge is 2.03. The van der Waals surface area contributed by atoms with E-state index in [1.807, 2.05) is 60.7 Å². The van der Waals surface area contributed by atoms with E-state index in [4.69, 9.17) is 0 Å². The van der Waals surface area contributed by atoms with Crippen molar-refractivity contribution in [2.24, 2.45) is 0 Å². The van der Waals surface area contributed by atoms with E-state index < -0.39 is 0 Å². The summed E-state index contributed by atoms with van der Waals surface area (Å²) >= 11 is 0. The monoisotopic (exact) mass is 340 g/mol. The first kappa shape index (κ1) is 15.7. The molecule has 0 spiro atoms. The molecule has 0 atom stereocenters. The lowest BCUT2D eigenvalue weighted by atomic mass is 10.1. The van der Waals surface area contributed by atoms with Gasteiger partial charge in [0.15, 0.2) is 0 Å². The van der Waals surface area contributed by atoms with E-state index in [1.165, 1.54) is 0 Å². The number of hydrogen-bond acceptors (Lipinski definition) is 6. The van der Waals surface area contributed by atoms with Crippen molar-refractivity contribution in [2.45, 2.75) is 0 Å². The van der Waals surface area contributed by atoms with E-state index in [9.17, 15) is 0 Å². The van der Waals surface area contributed by atoms with E-state index in [-0.39, 0.29) is 0 Å². The Kier molecular flexibility index (Phi) is 4.47. The van der Waals surface area contributed by atoms with Crippen molar-refractivity contribution in [1.82, 2.24) is 19.9 Å². The second-order valence-electron chi connectivity index (χ2n) is 5.55. The average molecular weight is 340 g/mol. The Labute approximate surface area is 151 Å². The molecule has 0 aliphatic rings. The minimum absolute atomic E-state index is 0.566. The normalized spacial score (nSPS) is 10.3. The molecule has 0 aliphatic carbocycles. The fourth-order valence-corrected chi connectivity index (χ4v) is 2.47. The van der Waals surface area contributed by atoms with Crippen LogP contribution in [0.1, 0.15) is 0 Å². The van der Waals surface area contributed by atoms with Gasteiger partial charge in [0.2, 0.25) is 5.95 Å². The van der Waals surface area contributed by atoms with Crippen molar-refractivity contribution in [3.63, 3.8) is 0 Å². The lowest BCUT2D eigenvalue weighted by molar-refractivity contribution is 1.16. The highest BCUT2D eigenvalue weighted by Crippen LogP contribution is 2.22. The summed E-state index contributed by atoms with van der Waals surface area (Å²) in [6.45, 7) is 0. The topological polar surface area (TPSA) is 75.6 Å². The molecule has 0 amide bonds. The van der Waals surface area contributed by atoms with Gasteiger partial charge in [-0.15, -0.1) is 0 Å². The second kappa shape index (κ2) is 7.40. The first-order valence-corrected chi connectivity index (χ1v) is 8.15. The minimum Gasteiger partial charge on any atom is -0.340 e. The van der Waals surface area contributed by atoms with Gasteiger partial charge in [-0.05, 0) is 30.3 Å². The van der Waals surface area contributed by atoms with Gasteiger partial charge in [0.1, 0.15) is 12.1 Å². The van der Waals surface area contributed by atoms with Crippen LogP contribution < -0.4 is 10.6 Å². The molecule has 126 valence electrons. The van der Waals surface area contributed by atoms with Gasteiger partial charge in [-0.25, -0.2) is 19.9 Å². The number of nitrogens with one attached hydrogen (secondary N) is 2. The number of aromatic nitrogens is 4. The van der Waals surface area contributed by atoms with E-state index in [1.54, 1.807) is 24.8 Å². The summed E-state index contributed by atoms with van der Waals surface area (Å²) in [5.74, 6) is 1.31. The van der Waals surface area contributed by atoms with Gasteiger partial charge >= 0.3 is 0 Å². The summed E-state index contributed by atoms with van der Waals surface area (Å²) in [7, 11) is 0. The fraction of sp³-hybridized carbons (Fsp3) is 0. The molecule has 4 aromatic rings. The maximum Gasteiger partial charge on any atom is 0.227 e. The predicted octanol–water partition coefficient (Wildman–Crippen LogP) is 4.42. The molecule has 26 heavy (non-hydrogen) atoms. The van der Waals surface area contributed by atoms with Gasteiger partial charge in [-0.1, -0.05) is 30.3 Å². The van der Waals surface area contributed by atoms with Crippen LogP contribution in [0.3, 0.4) is 0 Å². The molecule has 0 fully saturated rings. The zero-order valence-corrected chi connectivity index (χ0v) is 13.9. The smallest absolute Gasteiger partial charge is 0.227 e. The van der Waals surface area contributed by atoms with Crippen molar-refractivity contribution >= 4 is 23.1 Å². The molecule has 6 nitrogen and oxygen atoms in total. The second-order valence-corrected chi connectivity index (χ2v) is 5.55. The van der Waals surface area contributed by atoms with Crippen molar-refractivity contribution < 1.29 is 0 Å². The third-order valence-electron chi connectivity index (χ3n) is 3.72. The van der Waals surface area contributed by atoms with Crippen molar-refractivity contribution in [2.75, 3.05) is 10.6 Å². The summed E-state index contributed by atoms with van der Waals surface area (Å²) in [6, 6.07) is 21.6. The lowest BCUT2D eigenvalue weighted by Crippen LogP contribution is -1.97. The molecular formula is C20H16N6. The van der Waals surface area contributed by atoms with Crippen LogP contribution >= 0.6 is 0 Å². The Hall–Kier alpha value is -3.80. The summed E-state index contributed by atoms with van der Waals surface area (Å²) < 4.78 is 0. The van der Waals surface area contributed by atoms with Gasteiger partial charge in [-0.2, -0.15) is 0 Å². The SMILES string of the molecule is c1ccc(-c2cc(Nc3ccc(Nc4ncccn4)cc3)ncn2)cc1. The Balaban J connectivity index is 1.48. The van der Waals surface area contributed by atoms with E-state index in [2.05, 4.69) is 30.6 Å². The van der Waals surface area contributed by atoms with Crippen LogP contribution in [0, 0.1) is 0 Å². The standard InChI is InChI=1S/C20H16N6/c1-2-5-15(6-3-1)18-13-19(24-14-23-18)25-16-7-9-17(10-8-16)26-20-21-11-4-12-22-20/h1-14H,(H,21,22,26)(H,23,24,25). The van der Waals surface area contributed by atoms with Crippen LogP contribution in [0.4, 0.5) is 23.1 Å². The summed E-state index contributed by atoms with van der Waals surface area (Å²) in [6.07, 6.45) is 4.96. The molecule has 0 saturated heterocycles. The fourth-order valence-electron chi connectivity index (χ4n) is 2.47. The van der Waals surface area contributed by atoms with Crippen molar-refractivity contribution in [3.05, 3.63) is 85.5 Å². The molecule has 0 bridgehead atoms. The van der Waals surface area contributed by atoms with Crippen LogP contribution in [0.2, 0.25) is 0 Å². The van der Waals surface area contributed by atoms with Gasteiger partial charge in [0.25, 0.3) is 0 Å². The maximum absolute atomic E-state index is 4.34. The summed E-state index contributed by atoms with van der Waals surface area (Å²) in [4.78, 5) is 16.9. The number of nitrogens with zero attached hydrogens (tertiary/aromatic N) is 4. The highest BCUT2D eigenvalue weighted by atomic mass is 15.1. The molecule has 2 N–H and O–H groups in total. The van der Waals surface area contributed by atoms with E-state index in [0.29, 0.717) is 5.95 Å². The predicted molar refractivity (Wildman–Crippen MR) is 103 cm³/mol. The van der Waals surface area contributed by atoms with Gasteiger partial charge in [-0.3, -0.25) is 0 Å². The van der Waals surface area contributed by atoms with Crippen molar-refractivity contribution in [3.8, 4) is 11.3 Å². The largest absolute Gasteiger partial charge is 0.340 e. The minimum atomic E-state index is 0.566. The third kappa shape index (κ3) is 3.81. The molecule has 6 heteroatoms. The molecule has 2 aromatic carbocycles. The average Bonchev–Trinajstić information content (AvgIpc) is 2.71. The lowest BCUT2D eigenvalue weighted by Gasteiger charge is -2.09. The molecule has 2 heterocycles. The Morgan fingerprint density at radius 2 is 1.31 bits per heavy atom. The third-order valence-corrected chi connectivity index (χ3v) is 3.72. The van der Waals surface area contributed by atoms with Crippen LogP contribution in [0.5, 0.6) is 0 Å². The Morgan fingerprint density at radius 1 is 0.615 bits per heavy atom. The number of hydrogen-bond donors (Lipinski definition) is 2. The van der Waals surface area contributed by atoms with Crippen LogP contribution in [0.15, 0.2) is 85.5 Å². The number of anilines is 4. The molecule has 0 radical (unpaired) electrons. The quantitative estimate of drug-likeness (QED) is 0.560. The maximum atomic E-state index is 4.34. The van der Waals surface area contributed by atoms with Crippen molar-refractivity contribution in [1.29, 1.82) is 0 Å². The number of rotatable bonds is 5. The first-order valence-electron chi connectivity index (χ1n) is 8.15. The first-order chi connectivity index (χ1) is 12.9. The van der Waals surface area contributed by atoms with E-state index in [0.717, 1.165) is 28.5 Å². The summed E-state index contributed by atoms with van der Waals surface area (Å²) in [5.41, 5.74) is 3.78. The van der Waals surface area contributed by atoms with Crippen LogP contribution in [-0.2, 0) is 0 Å². The zero-order chi connectivity index (χ0) is 17.6. The van der Waals surface area contributed by atoms with Gasteiger partial charge in [0, 0.05) is 35.4 Å². The molecule has 2 aromatic heterocycles. The Morgan fingerprint density at radius 3 is 2.04 bits per heavy atom. The van der Waals surface area contributed by atoms with Gasteiger partial charge in [0.05, 0.1) is 5.69 Å². The summed E-state index contributed by atoms with van der Waals surface area (Å²) in [5, 5.41) is 6.44. The molecule has 0 saturated carbocycles. The number of benzene rings is 2.